The standard InChI is InChI=1S/C11H14O4S2/c1-9-3-5-10(6-4-9)17(13,16)15-8-7-11(12)14-2/h3-6H,7-8H2,1-2H3. The molecule has 1 unspecified atom stereocenters. The Morgan fingerprint density at radius 3 is 2.47 bits per heavy atom. The molecular formula is C11H14O4S2. The van der Waals surface area contributed by atoms with Crippen LogP contribution >= 0.6 is 0 Å². The van der Waals surface area contributed by atoms with E-state index in [1.165, 1.54) is 7.11 Å². The molecule has 0 aromatic heterocycles. The second-order valence-electron chi connectivity index (χ2n) is 3.42. The Morgan fingerprint density at radius 1 is 1.35 bits per heavy atom. The van der Waals surface area contributed by atoms with Crippen LogP contribution in [0.25, 0.3) is 0 Å². The highest BCUT2D eigenvalue weighted by molar-refractivity contribution is 8.30. The fourth-order valence-electron chi connectivity index (χ4n) is 1.11. The van der Waals surface area contributed by atoms with E-state index in [1.54, 1.807) is 12.1 Å². The zero-order valence-corrected chi connectivity index (χ0v) is 11.3. The molecule has 1 aromatic carbocycles. The molecular weight excluding hydrogens is 260 g/mol. The van der Waals surface area contributed by atoms with Crippen LogP contribution in [0, 0.1) is 6.92 Å². The molecule has 0 N–H and O–H groups in total. The van der Waals surface area contributed by atoms with Gasteiger partial charge in [-0.25, -0.2) is 4.21 Å². The number of aryl methyl sites for hydroxylation is 1. The molecule has 1 aromatic rings. The van der Waals surface area contributed by atoms with Gasteiger partial charge in [0.05, 0.1) is 25.0 Å². The van der Waals surface area contributed by atoms with Crippen molar-refractivity contribution in [1.29, 1.82) is 0 Å². The van der Waals surface area contributed by atoms with Gasteiger partial charge in [0.25, 0.3) is 0 Å². The first kappa shape index (κ1) is 14.1. The van der Waals surface area contributed by atoms with Crippen LogP contribution in [-0.2, 0) is 33.7 Å². The number of carbonyl (C=O) groups excluding carboxylic acids is 1. The van der Waals surface area contributed by atoms with Crippen molar-refractivity contribution in [2.24, 2.45) is 0 Å². The molecule has 0 bridgehead atoms. The van der Waals surface area contributed by atoms with E-state index in [0.717, 1.165) is 5.56 Å². The van der Waals surface area contributed by atoms with Crippen molar-refractivity contribution in [1.82, 2.24) is 0 Å². The Morgan fingerprint density at radius 2 is 1.94 bits per heavy atom. The molecule has 0 spiro atoms. The molecule has 0 fully saturated rings. The van der Waals surface area contributed by atoms with E-state index in [1.807, 2.05) is 19.1 Å². The third kappa shape index (κ3) is 4.41. The quantitative estimate of drug-likeness (QED) is 0.763. The largest absolute Gasteiger partial charge is 0.469 e. The summed E-state index contributed by atoms with van der Waals surface area (Å²) >= 11 is 4.89. The summed E-state index contributed by atoms with van der Waals surface area (Å²) in [5, 5.41) is 0. The zero-order valence-electron chi connectivity index (χ0n) is 9.67. The number of rotatable bonds is 5. The summed E-state index contributed by atoms with van der Waals surface area (Å²) in [6, 6.07) is 6.96. The number of esters is 1. The molecule has 0 amide bonds. The van der Waals surface area contributed by atoms with Crippen molar-refractivity contribution < 1.29 is 17.9 Å². The highest BCUT2D eigenvalue weighted by Gasteiger charge is 2.11. The van der Waals surface area contributed by atoms with Crippen LogP contribution in [0.1, 0.15) is 12.0 Å². The minimum Gasteiger partial charge on any atom is -0.469 e. The van der Waals surface area contributed by atoms with E-state index in [9.17, 15) is 9.00 Å². The Labute approximate surface area is 106 Å². The molecule has 94 valence electrons. The molecule has 0 aliphatic heterocycles. The van der Waals surface area contributed by atoms with Crippen molar-refractivity contribution in [3.63, 3.8) is 0 Å². The van der Waals surface area contributed by atoms with E-state index >= 15 is 0 Å². The van der Waals surface area contributed by atoms with Crippen LogP contribution < -0.4 is 0 Å². The summed E-state index contributed by atoms with van der Waals surface area (Å²) in [5.74, 6) is -0.417. The first-order valence-electron chi connectivity index (χ1n) is 4.98. The topological polar surface area (TPSA) is 52.6 Å². The highest BCUT2D eigenvalue weighted by Crippen LogP contribution is 2.13. The highest BCUT2D eigenvalue weighted by atomic mass is 32.8. The van der Waals surface area contributed by atoms with E-state index in [4.69, 9.17) is 15.4 Å². The number of hydrogen-bond acceptors (Lipinski definition) is 5. The van der Waals surface area contributed by atoms with Crippen LogP contribution in [-0.4, -0.2) is 23.9 Å². The van der Waals surface area contributed by atoms with E-state index in [0.29, 0.717) is 4.90 Å². The van der Waals surface area contributed by atoms with Gasteiger partial charge in [0.1, 0.15) is 0 Å². The Hall–Kier alpha value is -0.980. The number of benzene rings is 1. The predicted octanol–water partition coefficient (Wildman–Crippen LogP) is 1.59. The molecule has 0 aliphatic rings. The lowest BCUT2D eigenvalue weighted by Gasteiger charge is -2.08. The lowest BCUT2D eigenvalue weighted by Crippen LogP contribution is -2.10. The van der Waals surface area contributed by atoms with Gasteiger partial charge in [-0.15, -0.1) is 0 Å². The molecule has 0 heterocycles. The van der Waals surface area contributed by atoms with E-state index < -0.39 is 14.7 Å². The molecule has 0 saturated carbocycles. The van der Waals surface area contributed by atoms with Crippen LogP contribution in [0.2, 0.25) is 0 Å². The average Bonchev–Trinajstić information content (AvgIpc) is 2.29. The summed E-state index contributed by atoms with van der Waals surface area (Å²) in [4.78, 5) is 11.3. The van der Waals surface area contributed by atoms with Crippen LogP contribution in [0.4, 0.5) is 0 Å². The first-order chi connectivity index (χ1) is 7.95. The molecule has 1 atom stereocenters. The zero-order chi connectivity index (χ0) is 12.9. The maximum atomic E-state index is 12.0. The van der Waals surface area contributed by atoms with Crippen LogP contribution in [0.3, 0.4) is 0 Å². The third-order valence-corrected chi connectivity index (χ3v) is 4.27. The van der Waals surface area contributed by atoms with Gasteiger partial charge in [0.2, 0.25) is 0 Å². The Kier molecular flexibility index (Phi) is 5.04. The van der Waals surface area contributed by atoms with Gasteiger partial charge in [0.15, 0.2) is 8.77 Å². The van der Waals surface area contributed by atoms with Gasteiger partial charge in [-0.05, 0) is 19.1 Å². The van der Waals surface area contributed by atoms with Gasteiger partial charge in [-0.3, -0.25) is 8.98 Å². The lowest BCUT2D eigenvalue weighted by molar-refractivity contribution is -0.141. The fourth-order valence-corrected chi connectivity index (χ4v) is 2.56. The van der Waals surface area contributed by atoms with Crippen LogP contribution in [0.15, 0.2) is 29.2 Å². The third-order valence-electron chi connectivity index (χ3n) is 2.08. The van der Waals surface area contributed by atoms with Crippen molar-refractivity contribution in [2.45, 2.75) is 18.2 Å². The minimum absolute atomic E-state index is 0.0110. The smallest absolute Gasteiger partial charge is 0.307 e. The number of carbonyl (C=O) groups is 1. The van der Waals surface area contributed by atoms with Crippen molar-refractivity contribution in [3.05, 3.63) is 29.8 Å². The normalized spacial score (nSPS) is 14.0. The summed E-state index contributed by atoms with van der Waals surface area (Å²) in [5.41, 5.74) is 1.05. The Balaban J connectivity index is 2.63. The number of methoxy groups -OCH3 is 1. The van der Waals surface area contributed by atoms with Crippen LogP contribution in [0.5, 0.6) is 0 Å². The molecule has 4 nitrogen and oxygen atoms in total. The molecule has 0 saturated heterocycles. The lowest BCUT2D eigenvalue weighted by atomic mass is 10.2. The minimum atomic E-state index is -2.96. The Bertz CT molecular complexity index is 477. The summed E-state index contributed by atoms with van der Waals surface area (Å²) in [6.45, 7) is 1.91. The summed E-state index contributed by atoms with van der Waals surface area (Å²) in [6.07, 6.45) is 0.0377. The van der Waals surface area contributed by atoms with Gasteiger partial charge in [0, 0.05) is 11.2 Å². The van der Waals surface area contributed by atoms with Gasteiger partial charge in [-0.2, -0.15) is 0 Å². The van der Waals surface area contributed by atoms with E-state index in [-0.39, 0.29) is 13.0 Å². The average molecular weight is 274 g/mol. The molecule has 0 aliphatic carbocycles. The number of ether oxygens (including phenoxy) is 1. The second kappa shape index (κ2) is 6.09. The fraction of sp³-hybridized carbons (Fsp3) is 0.364. The SMILES string of the molecule is COC(=O)CCOS(=O)(=S)c1ccc(C)cc1. The van der Waals surface area contributed by atoms with Crippen molar-refractivity contribution in [3.8, 4) is 0 Å². The van der Waals surface area contributed by atoms with Gasteiger partial charge >= 0.3 is 5.97 Å². The maximum absolute atomic E-state index is 12.0. The predicted molar refractivity (Wildman–Crippen MR) is 67.5 cm³/mol. The number of hydrogen-bond donors (Lipinski definition) is 0. The molecule has 17 heavy (non-hydrogen) atoms. The second-order valence-corrected chi connectivity index (χ2v) is 6.35. The molecule has 1 rings (SSSR count). The monoisotopic (exact) mass is 274 g/mol. The summed E-state index contributed by atoms with van der Waals surface area (Å²) < 4.78 is 21.5. The first-order valence-corrected chi connectivity index (χ1v) is 7.39. The van der Waals surface area contributed by atoms with Gasteiger partial charge in [-0.1, -0.05) is 17.7 Å². The molecule has 0 radical (unpaired) electrons. The van der Waals surface area contributed by atoms with Gasteiger partial charge < -0.3 is 4.74 Å². The molecule has 6 heteroatoms. The van der Waals surface area contributed by atoms with E-state index in [2.05, 4.69) is 4.74 Å². The van der Waals surface area contributed by atoms with Crippen molar-refractivity contribution >= 4 is 25.9 Å². The maximum Gasteiger partial charge on any atom is 0.307 e. The summed E-state index contributed by atoms with van der Waals surface area (Å²) in [7, 11) is -1.67. The van der Waals surface area contributed by atoms with Crippen molar-refractivity contribution in [2.75, 3.05) is 13.7 Å².